The predicted molar refractivity (Wildman–Crippen MR) is 76.1 cm³/mol. The largest absolute Gasteiger partial charge is 0.416 e. The van der Waals surface area contributed by atoms with E-state index < -0.39 is 35.0 Å². The zero-order valence-corrected chi connectivity index (χ0v) is 13.3. The second-order valence-electron chi connectivity index (χ2n) is 5.01. The summed E-state index contributed by atoms with van der Waals surface area (Å²) in [7, 11) is 1.49. The minimum atomic E-state index is -4.99. The first-order valence-electron chi connectivity index (χ1n) is 7.20. The molecule has 0 saturated heterocycles. The molecule has 0 aromatic heterocycles. The lowest BCUT2D eigenvalue weighted by atomic mass is 10.0. The number of hydrogen-bond acceptors (Lipinski definition) is 3. The van der Waals surface area contributed by atoms with Gasteiger partial charge in [-0.3, -0.25) is 4.79 Å². The summed E-state index contributed by atoms with van der Waals surface area (Å²) in [4.78, 5) is 11.8. The van der Waals surface area contributed by atoms with Gasteiger partial charge in [0.25, 0.3) is 5.91 Å². The molecular formula is C15H17F6NO3. The fourth-order valence-electron chi connectivity index (χ4n) is 1.81. The van der Waals surface area contributed by atoms with Crippen molar-refractivity contribution in [3.05, 3.63) is 34.9 Å². The molecule has 1 aromatic rings. The van der Waals surface area contributed by atoms with Crippen molar-refractivity contribution in [2.24, 2.45) is 0 Å². The van der Waals surface area contributed by atoms with Crippen molar-refractivity contribution in [1.82, 2.24) is 5.32 Å². The van der Waals surface area contributed by atoms with Gasteiger partial charge in [0.05, 0.1) is 24.3 Å². The highest BCUT2D eigenvalue weighted by molar-refractivity contribution is 5.94. The van der Waals surface area contributed by atoms with Crippen LogP contribution in [0.25, 0.3) is 0 Å². The van der Waals surface area contributed by atoms with E-state index in [1.54, 1.807) is 0 Å². The summed E-state index contributed by atoms with van der Waals surface area (Å²) < 4.78 is 86.2. The molecule has 25 heavy (non-hydrogen) atoms. The zero-order valence-electron chi connectivity index (χ0n) is 13.3. The summed E-state index contributed by atoms with van der Waals surface area (Å²) in [6, 6.07) is 0.750. The molecule has 1 N–H and O–H groups in total. The Hall–Kier alpha value is -1.81. The molecule has 0 saturated carbocycles. The Kier molecular flexibility index (Phi) is 7.68. The molecule has 0 aliphatic carbocycles. The first-order chi connectivity index (χ1) is 11.6. The van der Waals surface area contributed by atoms with E-state index in [0.717, 1.165) is 0 Å². The number of ether oxygens (including phenoxy) is 2. The van der Waals surface area contributed by atoms with Gasteiger partial charge >= 0.3 is 12.4 Å². The smallest absolute Gasteiger partial charge is 0.382 e. The van der Waals surface area contributed by atoms with Crippen LogP contribution in [0, 0.1) is 0 Å². The van der Waals surface area contributed by atoms with Crippen LogP contribution in [0.3, 0.4) is 0 Å². The van der Waals surface area contributed by atoms with Crippen molar-refractivity contribution in [2.75, 3.05) is 33.5 Å². The van der Waals surface area contributed by atoms with Crippen LogP contribution in [0.1, 0.15) is 27.9 Å². The van der Waals surface area contributed by atoms with Gasteiger partial charge in [-0.05, 0) is 24.6 Å². The van der Waals surface area contributed by atoms with Crippen molar-refractivity contribution in [3.8, 4) is 0 Å². The van der Waals surface area contributed by atoms with E-state index in [1.807, 2.05) is 0 Å². The molecule has 10 heteroatoms. The monoisotopic (exact) mass is 373 g/mol. The molecule has 0 aliphatic heterocycles. The molecule has 1 aromatic carbocycles. The highest BCUT2D eigenvalue weighted by atomic mass is 19.4. The van der Waals surface area contributed by atoms with Crippen LogP contribution in [0.2, 0.25) is 0 Å². The summed E-state index contributed by atoms with van der Waals surface area (Å²) >= 11 is 0. The Bertz CT molecular complexity index is 539. The molecule has 0 fully saturated rings. The number of amides is 1. The van der Waals surface area contributed by atoms with Crippen LogP contribution in [0.15, 0.2) is 18.2 Å². The zero-order chi connectivity index (χ0) is 19.1. The average molecular weight is 373 g/mol. The van der Waals surface area contributed by atoms with Gasteiger partial charge in [0.1, 0.15) is 0 Å². The van der Waals surface area contributed by atoms with E-state index in [-0.39, 0.29) is 19.2 Å². The number of hydrogen-bond donors (Lipinski definition) is 1. The first-order valence-corrected chi connectivity index (χ1v) is 7.20. The molecule has 0 atom stereocenters. The summed E-state index contributed by atoms with van der Waals surface area (Å²) in [6.07, 6.45) is -9.64. The minimum absolute atomic E-state index is 0.0274. The lowest BCUT2D eigenvalue weighted by molar-refractivity contribution is -0.143. The summed E-state index contributed by atoms with van der Waals surface area (Å²) in [5, 5.41) is 2.26. The molecular weight excluding hydrogens is 356 g/mol. The molecule has 0 radical (unpaired) electrons. The van der Waals surface area contributed by atoms with Gasteiger partial charge in [-0.1, -0.05) is 0 Å². The van der Waals surface area contributed by atoms with Crippen molar-refractivity contribution >= 4 is 5.91 Å². The molecule has 0 heterocycles. The fraction of sp³-hybridized carbons (Fsp3) is 0.533. The third-order valence-electron chi connectivity index (χ3n) is 3.03. The summed E-state index contributed by atoms with van der Waals surface area (Å²) in [5.41, 5.74) is -3.77. The van der Waals surface area contributed by atoms with Crippen molar-refractivity contribution in [2.45, 2.75) is 18.8 Å². The number of carbonyl (C=O) groups is 1. The van der Waals surface area contributed by atoms with Gasteiger partial charge in [-0.15, -0.1) is 0 Å². The van der Waals surface area contributed by atoms with Gasteiger partial charge in [0.2, 0.25) is 0 Å². The predicted octanol–water partition coefficient (Wildman–Crippen LogP) is 3.51. The van der Waals surface area contributed by atoms with Gasteiger partial charge in [0, 0.05) is 25.8 Å². The van der Waals surface area contributed by atoms with Crippen molar-refractivity contribution < 1.29 is 40.6 Å². The van der Waals surface area contributed by atoms with Gasteiger partial charge in [0.15, 0.2) is 0 Å². The van der Waals surface area contributed by atoms with Crippen LogP contribution in [-0.4, -0.2) is 39.4 Å². The highest BCUT2D eigenvalue weighted by Crippen LogP contribution is 2.36. The van der Waals surface area contributed by atoms with Crippen LogP contribution < -0.4 is 5.32 Å². The molecule has 4 nitrogen and oxygen atoms in total. The molecule has 0 bridgehead atoms. The lowest BCUT2D eigenvalue weighted by Crippen LogP contribution is -2.26. The lowest BCUT2D eigenvalue weighted by Gasteiger charge is -2.14. The Labute approximate surface area is 140 Å². The third kappa shape index (κ3) is 7.30. The average Bonchev–Trinajstić information content (AvgIpc) is 2.51. The van der Waals surface area contributed by atoms with Crippen LogP contribution in [0.5, 0.6) is 0 Å². The van der Waals surface area contributed by atoms with Crippen molar-refractivity contribution in [3.63, 3.8) is 0 Å². The Morgan fingerprint density at radius 3 is 2.00 bits per heavy atom. The third-order valence-corrected chi connectivity index (χ3v) is 3.03. The molecule has 142 valence electrons. The molecule has 0 unspecified atom stereocenters. The van der Waals surface area contributed by atoms with Gasteiger partial charge in [-0.25, -0.2) is 0 Å². The number of carbonyl (C=O) groups excluding carboxylic acids is 1. The number of benzene rings is 1. The molecule has 0 aliphatic rings. The molecule has 0 spiro atoms. The minimum Gasteiger partial charge on any atom is -0.382 e. The maximum Gasteiger partial charge on any atom is 0.416 e. The van der Waals surface area contributed by atoms with E-state index in [2.05, 4.69) is 5.32 Å². The fourth-order valence-corrected chi connectivity index (χ4v) is 1.81. The van der Waals surface area contributed by atoms with E-state index >= 15 is 0 Å². The Morgan fingerprint density at radius 1 is 0.960 bits per heavy atom. The second kappa shape index (κ2) is 9.04. The Morgan fingerprint density at radius 2 is 1.52 bits per heavy atom. The topological polar surface area (TPSA) is 47.6 Å². The number of rotatable bonds is 8. The SMILES string of the molecule is COCCOCCCNC(=O)c1cc(C(F)(F)F)cc(C(F)(F)F)c1. The van der Waals surface area contributed by atoms with Crippen LogP contribution in [0.4, 0.5) is 26.3 Å². The maximum absolute atomic E-state index is 12.7. The molecule has 1 rings (SSSR count). The second-order valence-corrected chi connectivity index (χ2v) is 5.01. The summed E-state index contributed by atoms with van der Waals surface area (Å²) in [5.74, 6) is -1.02. The number of alkyl halides is 6. The highest BCUT2D eigenvalue weighted by Gasteiger charge is 2.37. The van der Waals surface area contributed by atoms with Gasteiger partial charge in [-0.2, -0.15) is 26.3 Å². The van der Waals surface area contributed by atoms with Crippen molar-refractivity contribution in [1.29, 1.82) is 0 Å². The van der Waals surface area contributed by atoms with E-state index in [9.17, 15) is 31.1 Å². The van der Waals surface area contributed by atoms with E-state index in [0.29, 0.717) is 31.8 Å². The normalized spacial score (nSPS) is 12.3. The quantitative estimate of drug-likeness (QED) is 0.561. The standard InChI is InChI=1S/C15H17F6NO3/c1-24-5-6-25-4-2-3-22-13(23)10-7-11(14(16,17)18)9-12(8-10)15(19,20)21/h7-9H,2-6H2,1H3,(H,22,23). The number of methoxy groups -OCH3 is 1. The molecule has 1 amide bonds. The number of halogens is 6. The van der Waals surface area contributed by atoms with Gasteiger partial charge < -0.3 is 14.8 Å². The first kappa shape index (κ1) is 21.2. The Balaban J connectivity index is 2.74. The maximum atomic E-state index is 12.7. The van der Waals surface area contributed by atoms with E-state index in [4.69, 9.17) is 9.47 Å². The van der Waals surface area contributed by atoms with Crippen LogP contribution >= 0.6 is 0 Å². The van der Waals surface area contributed by atoms with E-state index in [1.165, 1.54) is 7.11 Å². The summed E-state index contributed by atoms with van der Waals surface area (Å²) in [6.45, 7) is 1.03. The number of nitrogens with one attached hydrogen (secondary N) is 1. The van der Waals surface area contributed by atoms with Crippen LogP contribution in [-0.2, 0) is 21.8 Å².